The van der Waals surface area contributed by atoms with Crippen LogP contribution in [0.4, 0.5) is 17.1 Å². The highest BCUT2D eigenvalue weighted by atomic mass is 16.6. The van der Waals surface area contributed by atoms with Crippen LogP contribution in [0.25, 0.3) is 9.69 Å². The van der Waals surface area contributed by atoms with E-state index in [1.54, 1.807) is 109 Å². The van der Waals surface area contributed by atoms with Crippen LogP contribution >= 0.6 is 0 Å². The summed E-state index contributed by atoms with van der Waals surface area (Å²) in [6.07, 6.45) is 0. The van der Waals surface area contributed by atoms with E-state index in [0.717, 1.165) is 6.07 Å². The average molecular weight is 902 g/mol. The van der Waals surface area contributed by atoms with Crippen LogP contribution in [0.3, 0.4) is 0 Å². The third kappa shape index (κ3) is 11.9. The molecule has 334 valence electrons. The number of phenolic OH excluding ortho intramolecular Hbond substituents is 2. The second-order valence-electron chi connectivity index (χ2n) is 13.3. The first kappa shape index (κ1) is 48.0. The molecule has 0 saturated heterocycles. The number of esters is 4. The SMILES string of the molecule is C.C.O=C1OC(=O)c2cc(Oc3ccc(Oc4ccc(Oc5ccc6c(c5)C(=O)OC6=O)cc4)cc3)ccc21.Oc1ccc(Oc2ccc(O)cc2)cc1.[C-]#[N+]c1ccc([N+](=O)[O-])cc1[N+]#[C-]. The van der Waals surface area contributed by atoms with E-state index in [1.807, 2.05) is 0 Å². The molecule has 0 unspecified atom stereocenters. The van der Waals surface area contributed by atoms with Gasteiger partial charge >= 0.3 is 23.9 Å². The molecular weight excluding hydrogens is 867 g/mol. The number of hydrogen-bond donors (Lipinski definition) is 2. The summed E-state index contributed by atoms with van der Waals surface area (Å²) in [6, 6.07) is 39.2. The van der Waals surface area contributed by atoms with Gasteiger partial charge in [0.15, 0.2) is 5.69 Å². The fourth-order valence-electron chi connectivity index (χ4n) is 5.79. The molecule has 0 bridgehead atoms. The summed E-state index contributed by atoms with van der Waals surface area (Å²) < 4.78 is 32.0. The minimum absolute atomic E-state index is 0. The number of fused-ring (bicyclic) bond motifs is 2. The second-order valence-corrected chi connectivity index (χ2v) is 13.3. The van der Waals surface area contributed by atoms with E-state index in [9.17, 15) is 29.3 Å². The van der Waals surface area contributed by atoms with Gasteiger partial charge in [-0.3, -0.25) is 15.0 Å². The lowest BCUT2D eigenvalue weighted by Gasteiger charge is -2.10. The molecule has 0 radical (unpaired) electrons. The van der Waals surface area contributed by atoms with Gasteiger partial charge in [0, 0.05) is 12.1 Å². The van der Waals surface area contributed by atoms with Crippen LogP contribution in [-0.2, 0) is 9.47 Å². The number of hydrogen-bond acceptors (Lipinski definition) is 14. The number of rotatable bonds is 9. The van der Waals surface area contributed by atoms with Gasteiger partial charge in [-0.05, 0) is 133 Å². The molecule has 0 saturated carbocycles. The van der Waals surface area contributed by atoms with E-state index >= 15 is 0 Å². The summed E-state index contributed by atoms with van der Waals surface area (Å²) >= 11 is 0. The third-order valence-corrected chi connectivity index (χ3v) is 8.91. The average Bonchev–Trinajstić information content (AvgIpc) is 3.76. The van der Waals surface area contributed by atoms with Crippen LogP contribution in [0.1, 0.15) is 56.3 Å². The van der Waals surface area contributed by atoms with Crippen molar-refractivity contribution in [2.24, 2.45) is 0 Å². The standard InChI is InChI=1S/C28H14O9.C12H10O3.C8H3N3O2.2CH4/c29-25-21-11-9-19(13-23(21)27(31)36-25)34-17-5-1-15(2-6-17)33-16-3-7-18(8-4-16)35-20-10-12-22-24(14-20)28(32)37-26(22)30;13-9-1-5-11(6-2-9)15-12-7-3-10(14)4-8-12;1-9-7-4-3-6(11(12)13)5-8(7)10-2;;/h1-14H;1-8,13-14H;3-5H;2*1H4. The molecule has 0 aliphatic carbocycles. The molecule has 17 nitrogen and oxygen atoms in total. The first-order valence-corrected chi connectivity index (χ1v) is 18.7. The number of carbonyl (C=O) groups is 4. The van der Waals surface area contributed by atoms with E-state index in [1.165, 1.54) is 36.4 Å². The van der Waals surface area contributed by atoms with Crippen molar-refractivity contribution in [1.29, 1.82) is 0 Å². The zero-order chi connectivity index (χ0) is 46.0. The largest absolute Gasteiger partial charge is 0.508 e. The van der Waals surface area contributed by atoms with Crippen molar-refractivity contribution in [3.8, 4) is 57.5 Å². The number of ether oxygens (including phenoxy) is 6. The Morgan fingerprint density at radius 3 is 1.04 bits per heavy atom. The minimum atomic E-state index is -0.695. The second kappa shape index (κ2) is 21.4. The molecule has 2 aliphatic heterocycles. The molecule has 0 amide bonds. The van der Waals surface area contributed by atoms with Crippen molar-refractivity contribution in [3.05, 3.63) is 207 Å². The predicted molar refractivity (Wildman–Crippen MR) is 241 cm³/mol. The lowest BCUT2D eigenvalue weighted by atomic mass is 10.1. The summed E-state index contributed by atoms with van der Waals surface area (Å²) in [5.41, 5.74) is 0.757. The number of benzene rings is 7. The van der Waals surface area contributed by atoms with Crippen LogP contribution in [0.15, 0.2) is 152 Å². The molecule has 0 atom stereocenters. The molecule has 67 heavy (non-hydrogen) atoms. The zero-order valence-corrected chi connectivity index (χ0v) is 33.1. The van der Waals surface area contributed by atoms with Crippen molar-refractivity contribution in [1.82, 2.24) is 0 Å². The van der Waals surface area contributed by atoms with Gasteiger partial charge in [-0.1, -0.05) is 20.9 Å². The first-order valence-electron chi connectivity index (χ1n) is 18.7. The Kier molecular flexibility index (Phi) is 15.3. The van der Waals surface area contributed by atoms with Gasteiger partial charge in [0.2, 0.25) is 5.69 Å². The van der Waals surface area contributed by atoms with Crippen molar-refractivity contribution in [2.75, 3.05) is 0 Å². The molecule has 7 aromatic rings. The zero-order valence-electron chi connectivity index (χ0n) is 33.1. The van der Waals surface area contributed by atoms with E-state index in [-0.39, 0.29) is 65.7 Å². The van der Waals surface area contributed by atoms with Crippen LogP contribution in [-0.4, -0.2) is 39.0 Å². The fraction of sp³-hybridized carbons (Fsp3) is 0.0400. The summed E-state index contributed by atoms with van der Waals surface area (Å²) in [4.78, 5) is 62.3. The van der Waals surface area contributed by atoms with Gasteiger partial charge < -0.3 is 38.6 Å². The number of carbonyl (C=O) groups excluding carboxylic acids is 4. The normalized spacial score (nSPS) is 11.3. The maximum atomic E-state index is 11.7. The highest BCUT2D eigenvalue weighted by molar-refractivity contribution is 6.15. The number of cyclic esters (lactones) is 4. The Labute approximate surface area is 381 Å². The Bertz CT molecular complexity index is 2900. The number of phenols is 2. The smallest absolute Gasteiger partial charge is 0.347 e. The topological polar surface area (TPSA) is 216 Å². The summed E-state index contributed by atoms with van der Waals surface area (Å²) in [5, 5.41) is 28.4. The number of nitrogens with zero attached hydrogens (tertiary/aromatic N) is 3. The molecule has 2 heterocycles. The number of nitro groups is 1. The fourth-order valence-corrected chi connectivity index (χ4v) is 5.79. The summed E-state index contributed by atoms with van der Waals surface area (Å²) in [7, 11) is 0. The maximum absolute atomic E-state index is 11.7. The van der Waals surface area contributed by atoms with E-state index in [4.69, 9.17) is 42.3 Å². The predicted octanol–water partition coefficient (Wildman–Crippen LogP) is 12.5. The molecule has 2 N–H and O–H groups in total. The lowest BCUT2D eigenvalue weighted by Crippen LogP contribution is -1.96. The molecule has 9 rings (SSSR count). The van der Waals surface area contributed by atoms with Gasteiger partial charge in [0.25, 0.3) is 5.69 Å². The Morgan fingerprint density at radius 1 is 0.418 bits per heavy atom. The van der Waals surface area contributed by atoms with Gasteiger partial charge in [-0.15, -0.1) is 0 Å². The maximum Gasteiger partial charge on any atom is 0.347 e. The van der Waals surface area contributed by atoms with Crippen LogP contribution in [0, 0.1) is 23.3 Å². The van der Waals surface area contributed by atoms with Gasteiger partial charge in [-0.2, -0.15) is 0 Å². The molecule has 0 fully saturated rings. The molecule has 17 heteroatoms. The van der Waals surface area contributed by atoms with Crippen molar-refractivity contribution in [3.63, 3.8) is 0 Å². The van der Waals surface area contributed by atoms with Crippen molar-refractivity contribution >= 4 is 40.9 Å². The van der Waals surface area contributed by atoms with Gasteiger partial charge in [0.1, 0.15) is 57.5 Å². The number of non-ortho nitro benzene ring substituents is 1. The Balaban J connectivity index is 0.000000231. The molecule has 2 aliphatic rings. The Hall–Kier alpha value is -10.0. The van der Waals surface area contributed by atoms with E-state index < -0.39 is 28.8 Å². The minimum Gasteiger partial charge on any atom is -0.508 e. The van der Waals surface area contributed by atoms with Gasteiger partial charge in [0.05, 0.1) is 40.3 Å². The molecule has 7 aromatic carbocycles. The van der Waals surface area contributed by atoms with Gasteiger partial charge in [-0.25, -0.2) is 24.0 Å². The number of nitro benzene ring substituents is 1. The van der Waals surface area contributed by atoms with Crippen LogP contribution in [0.2, 0.25) is 0 Å². The quantitative estimate of drug-likeness (QED) is 0.0453. The lowest BCUT2D eigenvalue weighted by molar-refractivity contribution is -0.384. The highest BCUT2D eigenvalue weighted by Crippen LogP contribution is 2.34. The number of aromatic hydroxyl groups is 2. The first-order chi connectivity index (χ1) is 31.3. The van der Waals surface area contributed by atoms with E-state index in [2.05, 4.69) is 19.2 Å². The summed E-state index contributed by atoms with van der Waals surface area (Å²) in [6.45, 7) is 13.4. The van der Waals surface area contributed by atoms with E-state index in [0.29, 0.717) is 46.0 Å². The van der Waals surface area contributed by atoms with Crippen molar-refractivity contribution < 1.29 is 62.7 Å². The molecule has 0 aromatic heterocycles. The van der Waals surface area contributed by atoms with Crippen molar-refractivity contribution in [2.45, 2.75) is 14.9 Å². The monoisotopic (exact) mass is 901 g/mol. The van der Waals surface area contributed by atoms with Crippen LogP contribution < -0.4 is 18.9 Å². The van der Waals surface area contributed by atoms with Crippen LogP contribution in [0.5, 0.6) is 57.5 Å². The third-order valence-electron chi connectivity index (χ3n) is 8.91. The highest BCUT2D eigenvalue weighted by Gasteiger charge is 2.31. The Morgan fingerprint density at radius 2 is 0.716 bits per heavy atom. The molecular formula is C50H35N3O14. The molecule has 0 spiro atoms. The summed E-state index contributed by atoms with van der Waals surface area (Å²) in [5.74, 6) is 1.87.